The lowest BCUT2D eigenvalue weighted by molar-refractivity contribution is 0.0402. The molecule has 0 unspecified atom stereocenters. The molecule has 1 atom stereocenters. The molecule has 7 nitrogen and oxygen atoms in total. The van der Waals surface area contributed by atoms with Crippen molar-refractivity contribution in [2.24, 2.45) is 5.92 Å². The van der Waals surface area contributed by atoms with Gasteiger partial charge in [0.25, 0.3) is 11.5 Å². The van der Waals surface area contributed by atoms with Gasteiger partial charge in [-0.1, -0.05) is 0 Å². The maximum absolute atomic E-state index is 12.5. The average Bonchev–Trinajstić information content (AvgIpc) is 3.32. The molecule has 1 saturated carbocycles. The predicted octanol–water partition coefficient (Wildman–Crippen LogP) is -0.311. The molecule has 1 aromatic heterocycles. The molecule has 0 aromatic carbocycles. The van der Waals surface area contributed by atoms with Crippen molar-refractivity contribution >= 4 is 5.91 Å². The first-order valence-electron chi connectivity index (χ1n) is 7.86. The Bertz CT molecular complexity index is 584. The topological polar surface area (TPSA) is 89.5 Å². The van der Waals surface area contributed by atoms with Gasteiger partial charge in [0.15, 0.2) is 0 Å². The fourth-order valence-electron chi connectivity index (χ4n) is 3.03. The highest BCUT2D eigenvalue weighted by molar-refractivity contribution is 5.92. The van der Waals surface area contributed by atoms with Crippen molar-refractivity contribution in [3.05, 3.63) is 28.4 Å². The molecule has 7 heteroatoms. The summed E-state index contributed by atoms with van der Waals surface area (Å²) in [5.41, 5.74) is -0.143. The highest BCUT2D eigenvalue weighted by Crippen LogP contribution is 2.31. The lowest BCUT2D eigenvalue weighted by Gasteiger charge is -2.41. The highest BCUT2D eigenvalue weighted by Gasteiger charge is 2.33. The summed E-state index contributed by atoms with van der Waals surface area (Å²) in [6, 6.07) is 0.187. The van der Waals surface area contributed by atoms with Crippen LogP contribution in [0.5, 0.6) is 0 Å². The molecule has 22 heavy (non-hydrogen) atoms. The number of H-pyrrole nitrogens is 1. The van der Waals surface area contributed by atoms with Gasteiger partial charge in [-0.15, -0.1) is 0 Å². The lowest BCUT2D eigenvalue weighted by Crippen LogP contribution is -2.55. The molecular weight excluding hydrogens is 284 g/mol. The van der Waals surface area contributed by atoms with Crippen molar-refractivity contribution in [3.8, 4) is 0 Å². The summed E-state index contributed by atoms with van der Waals surface area (Å²) in [5.74, 6) is 0.595. The fourth-order valence-corrected chi connectivity index (χ4v) is 3.03. The molecule has 1 aromatic rings. The van der Waals surface area contributed by atoms with Crippen LogP contribution in [0.4, 0.5) is 0 Å². The van der Waals surface area contributed by atoms with Crippen molar-refractivity contribution in [3.63, 3.8) is 0 Å². The van der Waals surface area contributed by atoms with Crippen molar-refractivity contribution in [1.29, 1.82) is 0 Å². The summed E-state index contributed by atoms with van der Waals surface area (Å²) >= 11 is 0. The third kappa shape index (κ3) is 3.53. The minimum atomic E-state index is -0.370. The van der Waals surface area contributed by atoms with E-state index in [1.165, 1.54) is 19.0 Å². The molecular formula is C15H22N4O3. The number of carbonyl (C=O) groups is 1. The van der Waals surface area contributed by atoms with E-state index in [0.29, 0.717) is 19.5 Å². The summed E-state index contributed by atoms with van der Waals surface area (Å²) in [7, 11) is 0. The van der Waals surface area contributed by atoms with Crippen molar-refractivity contribution in [2.75, 3.05) is 32.8 Å². The Morgan fingerprint density at radius 3 is 2.86 bits per heavy atom. The maximum atomic E-state index is 12.5. The Morgan fingerprint density at radius 1 is 1.36 bits per heavy atom. The number of aromatic nitrogens is 2. The van der Waals surface area contributed by atoms with Gasteiger partial charge >= 0.3 is 0 Å². The highest BCUT2D eigenvalue weighted by atomic mass is 16.3. The number of hydrogen-bond acceptors (Lipinski definition) is 5. The summed E-state index contributed by atoms with van der Waals surface area (Å²) in [6.07, 6.45) is 5.80. The molecule has 0 bridgehead atoms. The number of hydrogen-bond donors (Lipinski definition) is 2. The fraction of sp³-hybridized carbons (Fsp3) is 0.667. The summed E-state index contributed by atoms with van der Waals surface area (Å²) in [5, 5.41) is 9.28. The molecule has 1 aliphatic carbocycles. The zero-order valence-electron chi connectivity index (χ0n) is 12.6. The van der Waals surface area contributed by atoms with E-state index in [2.05, 4.69) is 14.9 Å². The van der Waals surface area contributed by atoms with Crippen molar-refractivity contribution in [2.45, 2.75) is 25.3 Å². The molecule has 0 radical (unpaired) electrons. The second-order valence-electron chi connectivity index (χ2n) is 6.17. The number of amides is 1. The molecule has 3 rings (SSSR count). The number of carbonyl (C=O) groups excluding carboxylic acids is 1. The van der Waals surface area contributed by atoms with Gasteiger partial charge < -0.3 is 15.0 Å². The molecule has 1 aliphatic heterocycles. The van der Waals surface area contributed by atoms with Crippen LogP contribution in [0, 0.1) is 5.92 Å². The Balaban J connectivity index is 1.67. The van der Waals surface area contributed by atoms with Gasteiger partial charge in [-0.2, -0.15) is 0 Å². The van der Waals surface area contributed by atoms with E-state index in [-0.39, 0.29) is 29.8 Å². The van der Waals surface area contributed by atoms with Crippen LogP contribution < -0.4 is 5.56 Å². The van der Waals surface area contributed by atoms with Gasteiger partial charge in [0.05, 0.1) is 12.4 Å². The van der Waals surface area contributed by atoms with E-state index in [1.807, 2.05) is 0 Å². The smallest absolute Gasteiger partial charge is 0.272 e. The largest absolute Gasteiger partial charge is 0.396 e. The number of nitrogens with one attached hydrogen (secondary N) is 1. The van der Waals surface area contributed by atoms with Gasteiger partial charge in [0, 0.05) is 38.8 Å². The summed E-state index contributed by atoms with van der Waals surface area (Å²) in [4.78, 5) is 34.2. The van der Waals surface area contributed by atoms with E-state index in [4.69, 9.17) is 0 Å². The molecule has 2 N–H and O–H groups in total. The minimum absolute atomic E-state index is 0.123. The van der Waals surface area contributed by atoms with Crippen molar-refractivity contribution in [1.82, 2.24) is 19.8 Å². The Morgan fingerprint density at radius 2 is 2.18 bits per heavy atom. The SMILES string of the molecule is O=C(c1cncc(=O)[nH]1)N1CCN(CC2CC2)[C@H](CCO)C1. The van der Waals surface area contributed by atoms with Crippen LogP contribution in [0.15, 0.2) is 17.2 Å². The van der Waals surface area contributed by atoms with E-state index in [0.717, 1.165) is 25.2 Å². The third-order valence-electron chi connectivity index (χ3n) is 4.43. The number of aliphatic hydroxyl groups is 1. The standard InChI is InChI=1S/C15H22N4O3/c20-6-3-12-10-19(5-4-18(12)9-11-1-2-11)15(22)13-7-16-8-14(21)17-13/h7-8,11-12,20H,1-6,9-10H2,(H,17,21)/t12-/m1/s1. The number of aliphatic hydroxyl groups excluding tert-OH is 1. The Labute approximate surface area is 129 Å². The van der Waals surface area contributed by atoms with Gasteiger partial charge in [-0.3, -0.25) is 19.5 Å². The first kappa shape index (κ1) is 15.2. The van der Waals surface area contributed by atoms with Crippen LogP contribution in [0.3, 0.4) is 0 Å². The molecule has 120 valence electrons. The Kier molecular flexibility index (Phi) is 4.54. The molecule has 0 spiro atoms. The first-order valence-corrected chi connectivity index (χ1v) is 7.86. The quantitative estimate of drug-likeness (QED) is 0.779. The van der Waals surface area contributed by atoms with Gasteiger partial charge in [-0.05, 0) is 25.2 Å². The van der Waals surface area contributed by atoms with E-state index in [9.17, 15) is 14.7 Å². The van der Waals surface area contributed by atoms with Crippen LogP contribution >= 0.6 is 0 Å². The van der Waals surface area contributed by atoms with Crippen LogP contribution in [0.2, 0.25) is 0 Å². The zero-order valence-corrected chi connectivity index (χ0v) is 12.6. The molecule has 2 heterocycles. The molecule has 1 saturated heterocycles. The molecule has 2 fully saturated rings. The summed E-state index contributed by atoms with van der Waals surface area (Å²) in [6.45, 7) is 3.23. The van der Waals surface area contributed by atoms with E-state index < -0.39 is 0 Å². The summed E-state index contributed by atoms with van der Waals surface area (Å²) < 4.78 is 0. The molecule has 1 amide bonds. The first-order chi connectivity index (χ1) is 10.7. The van der Waals surface area contributed by atoms with E-state index in [1.54, 1.807) is 4.90 Å². The third-order valence-corrected chi connectivity index (χ3v) is 4.43. The Hall–Kier alpha value is -1.73. The predicted molar refractivity (Wildman–Crippen MR) is 80.5 cm³/mol. The second kappa shape index (κ2) is 6.58. The van der Waals surface area contributed by atoms with E-state index >= 15 is 0 Å². The normalized spacial score (nSPS) is 22.8. The van der Waals surface area contributed by atoms with Crippen LogP contribution in [-0.4, -0.2) is 69.6 Å². The number of aromatic amines is 1. The monoisotopic (exact) mass is 306 g/mol. The van der Waals surface area contributed by atoms with Crippen LogP contribution in [-0.2, 0) is 0 Å². The van der Waals surface area contributed by atoms with Gasteiger partial charge in [0.2, 0.25) is 0 Å². The van der Waals surface area contributed by atoms with Gasteiger partial charge in [0.1, 0.15) is 5.69 Å². The average molecular weight is 306 g/mol. The van der Waals surface area contributed by atoms with Crippen molar-refractivity contribution < 1.29 is 9.90 Å². The van der Waals surface area contributed by atoms with Crippen LogP contribution in [0.1, 0.15) is 29.8 Å². The zero-order chi connectivity index (χ0) is 15.5. The number of piperazine rings is 1. The number of rotatable bonds is 5. The maximum Gasteiger partial charge on any atom is 0.272 e. The van der Waals surface area contributed by atoms with Gasteiger partial charge in [-0.25, -0.2) is 0 Å². The lowest BCUT2D eigenvalue weighted by atomic mass is 10.1. The molecule has 2 aliphatic rings. The minimum Gasteiger partial charge on any atom is -0.396 e. The second-order valence-corrected chi connectivity index (χ2v) is 6.17. The van der Waals surface area contributed by atoms with Crippen LogP contribution in [0.25, 0.3) is 0 Å². The number of nitrogens with zero attached hydrogens (tertiary/aromatic N) is 3.